The minimum Gasteiger partial charge on any atom is -0.317 e. The Morgan fingerprint density at radius 1 is 1.11 bits per heavy atom. The minimum atomic E-state index is 0.395. The number of hydrogen-bond acceptors (Lipinski definition) is 1. The van der Waals surface area contributed by atoms with Crippen molar-refractivity contribution in [2.24, 2.45) is 0 Å². The van der Waals surface area contributed by atoms with Crippen LogP contribution in [0.2, 0.25) is 0 Å². The fourth-order valence-electron chi connectivity index (χ4n) is 3.65. The molecule has 98 valence electrons. The van der Waals surface area contributed by atoms with Gasteiger partial charge in [-0.1, -0.05) is 37.6 Å². The standard InChI is InChI=1S/C17H25N/c1-17(11-10-16(12-17)18-2)15-8-6-14(7-9-15)13-4-3-5-13/h6-9,13,16,18H,3-5,10-12H2,1-2H3. The lowest BCUT2D eigenvalue weighted by Gasteiger charge is -2.28. The van der Waals surface area contributed by atoms with Crippen LogP contribution in [-0.4, -0.2) is 13.1 Å². The molecule has 0 radical (unpaired) electrons. The molecule has 2 aliphatic carbocycles. The monoisotopic (exact) mass is 243 g/mol. The van der Waals surface area contributed by atoms with E-state index < -0.39 is 0 Å². The Hall–Kier alpha value is -0.820. The highest BCUT2D eigenvalue weighted by molar-refractivity contribution is 5.32. The third-order valence-electron chi connectivity index (χ3n) is 5.33. The SMILES string of the molecule is CNC1CCC(C)(c2ccc(C3CCC3)cc2)C1. The van der Waals surface area contributed by atoms with Gasteiger partial charge >= 0.3 is 0 Å². The fraction of sp³-hybridized carbons (Fsp3) is 0.647. The van der Waals surface area contributed by atoms with Gasteiger partial charge in [0.1, 0.15) is 0 Å². The first kappa shape index (κ1) is 12.2. The van der Waals surface area contributed by atoms with Crippen molar-refractivity contribution in [3.05, 3.63) is 35.4 Å². The van der Waals surface area contributed by atoms with Crippen LogP contribution < -0.4 is 5.32 Å². The van der Waals surface area contributed by atoms with Gasteiger partial charge in [-0.15, -0.1) is 0 Å². The van der Waals surface area contributed by atoms with Crippen molar-refractivity contribution in [3.8, 4) is 0 Å². The number of nitrogens with one attached hydrogen (secondary N) is 1. The molecular formula is C17H25N. The summed E-state index contributed by atoms with van der Waals surface area (Å²) in [7, 11) is 2.09. The highest BCUT2D eigenvalue weighted by atomic mass is 14.9. The normalized spacial score (nSPS) is 32.4. The predicted octanol–water partition coefficient (Wildman–Crippen LogP) is 3.98. The molecule has 0 aromatic heterocycles. The Bertz CT molecular complexity index is 404. The Balaban J connectivity index is 1.75. The van der Waals surface area contributed by atoms with E-state index in [0.29, 0.717) is 11.5 Å². The maximum absolute atomic E-state index is 3.44. The highest BCUT2D eigenvalue weighted by Gasteiger charge is 2.35. The largest absolute Gasteiger partial charge is 0.317 e. The van der Waals surface area contributed by atoms with Gasteiger partial charge in [0.25, 0.3) is 0 Å². The second-order valence-corrected chi connectivity index (χ2v) is 6.54. The molecule has 2 fully saturated rings. The summed E-state index contributed by atoms with van der Waals surface area (Å²) < 4.78 is 0. The van der Waals surface area contributed by atoms with Gasteiger partial charge in [-0.3, -0.25) is 0 Å². The molecule has 1 aromatic carbocycles. The van der Waals surface area contributed by atoms with E-state index >= 15 is 0 Å². The van der Waals surface area contributed by atoms with Crippen LogP contribution in [0.25, 0.3) is 0 Å². The van der Waals surface area contributed by atoms with E-state index in [4.69, 9.17) is 0 Å². The molecule has 1 N–H and O–H groups in total. The van der Waals surface area contributed by atoms with Crippen LogP contribution in [0.15, 0.2) is 24.3 Å². The average Bonchev–Trinajstić information content (AvgIpc) is 2.71. The van der Waals surface area contributed by atoms with Crippen molar-refractivity contribution in [3.63, 3.8) is 0 Å². The molecule has 18 heavy (non-hydrogen) atoms. The summed E-state index contributed by atoms with van der Waals surface area (Å²) in [6, 6.07) is 10.3. The van der Waals surface area contributed by atoms with Crippen molar-refractivity contribution < 1.29 is 0 Å². The van der Waals surface area contributed by atoms with Crippen LogP contribution in [0.4, 0.5) is 0 Å². The molecular weight excluding hydrogens is 218 g/mol. The van der Waals surface area contributed by atoms with Crippen molar-refractivity contribution >= 4 is 0 Å². The minimum absolute atomic E-state index is 0.395. The zero-order valence-corrected chi connectivity index (χ0v) is 11.7. The second kappa shape index (κ2) is 4.70. The van der Waals surface area contributed by atoms with Gasteiger partial charge in [-0.2, -0.15) is 0 Å². The van der Waals surface area contributed by atoms with Gasteiger partial charge < -0.3 is 5.32 Å². The zero-order valence-electron chi connectivity index (χ0n) is 11.7. The van der Waals surface area contributed by atoms with E-state index in [1.807, 2.05) is 0 Å². The highest BCUT2D eigenvalue weighted by Crippen LogP contribution is 2.42. The van der Waals surface area contributed by atoms with E-state index in [1.165, 1.54) is 38.5 Å². The first-order valence-corrected chi connectivity index (χ1v) is 7.49. The maximum atomic E-state index is 3.44. The summed E-state index contributed by atoms with van der Waals surface area (Å²) in [6.45, 7) is 2.43. The first-order valence-electron chi connectivity index (χ1n) is 7.49. The summed E-state index contributed by atoms with van der Waals surface area (Å²) in [4.78, 5) is 0. The molecule has 2 aliphatic rings. The van der Waals surface area contributed by atoms with Crippen LogP contribution in [0, 0.1) is 0 Å². The van der Waals surface area contributed by atoms with Crippen LogP contribution in [0.3, 0.4) is 0 Å². The summed E-state index contributed by atoms with van der Waals surface area (Å²) in [5.41, 5.74) is 3.51. The van der Waals surface area contributed by atoms with Gasteiger partial charge in [0.05, 0.1) is 0 Å². The molecule has 2 atom stereocenters. The molecule has 0 aliphatic heterocycles. The third kappa shape index (κ3) is 2.09. The summed E-state index contributed by atoms with van der Waals surface area (Å²) in [5, 5.41) is 3.44. The zero-order chi connectivity index (χ0) is 12.6. The molecule has 0 bridgehead atoms. The van der Waals surface area contributed by atoms with E-state index in [0.717, 1.165) is 5.92 Å². The summed E-state index contributed by atoms with van der Waals surface area (Å²) >= 11 is 0. The van der Waals surface area contributed by atoms with Gasteiger partial charge in [0.2, 0.25) is 0 Å². The second-order valence-electron chi connectivity index (χ2n) is 6.54. The van der Waals surface area contributed by atoms with E-state index in [1.54, 1.807) is 11.1 Å². The third-order valence-corrected chi connectivity index (χ3v) is 5.33. The summed E-state index contributed by atoms with van der Waals surface area (Å²) in [6.07, 6.45) is 8.15. The van der Waals surface area contributed by atoms with Crippen molar-refractivity contribution in [2.45, 2.75) is 62.8 Å². The number of benzene rings is 1. The Labute approximate surface area is 111 Å². The first-order chi connectivity index (χ1) is 8.71. The molecule has 0 heterocycles. The van der Waals surface area contributed by atoms with Gasteiger partial charge in [0.15, 0.2) is 0 Å². The molecule has 2 unspecified atom stereocenters. The quantitative estimate of drug-likeness (QED) is 0.846. The maximum Gasteiger partial charge on any atom is 0.00727 e. The van der Waals surface area contributed by atoms with Crippen LogP contribution in [0.5, 0.6) is 0 Å². The summed E-state index contributed by atoms with van der Waals surface area (Å²) in [5.74, 6) is 0.862. The van der Waals surface area contributed by atoms with Crippen LogP contribution in [0.1, 0.15) is 62.5 Å². The lowest BCUT2D eigenvalue weighted by Crippen LogP contribution is -2.25. The van der Waals surface area contributed by atoms with E-state index in [2.05, 4.69) is 43.6 Å². The Morgan fingerprint density at radius 2 is 1.83 bits per heavy atom. The smallest absolute Gasteiger partial charge is 0.00727 e. The van der Waals surface area contributed by atoms with E-state index in [9.17, 15) is 0 Å². The molecule has 2 saturated carbocycles. The van der Waals surface area contributed by atoms with E-state index in [-0.39, 0.29) is 0 Å². The molecule has 1 nitrogen and oxygen atoms in total. The van der Waals surface area contributed by atoms with Gasteiger partial charge in [-0.25, -0.2) is 0 Å². The number of rotatable bonds is 3. The molecule has 0 spiro atoms. The predicted molar refractivity (Wildman–Crippen MR) is 77.1 cm³/mol. The van der Waals surface area contributed by atoms with Crippen LogP contribution in [-0.2, 0) is 5.41 Å². The Morgan fingerprint density at radius 3 is 2.33 bits per heavy atom. The average molecular weight is 243 g/mol. The molecule has 1 heteroatoms. The molecule has 0 saturated heterocycles. The van der Waals surface area contributed by atoms with Crippen LogP contribution >= 0.6 is 0 Å². The van der Waals surface area contributed by atoms with Crippen molar-refractivity contribution in [2.75, 3.05) is 7.05 Å². The lowest BCUT2D eigenvalue weighted by atomic mass is 9.77. The van der Waals surface area contributed by atoms with Gasteiger partial charge in [-0.05, 0) is 61.6 Å². The molecule has 0 amide bonds. The topological polar surface area (TPSA) is 12.0 Å². The van der Waals surface area contributed by atoms with Gasteiger partial charge in [0, 0.05) is 6.04 Å². The van der Waals surface area contributed by atoms with Crippen molar-refractivity contribution in [1.29, 1.82) is 0 Å². The molecule has 1 aromatic rings. The fourth-order valence-corrected chi connectivity index (χ4v) is 3.65. The lowest BCUT2D eigenvalue weighted by molar-refractivity contribution is 0.419. The number of hydrogen-bond donors (Lipinski definition) is 1. The van der Waals surface area contributed by atoms with Crippen molar-refractivity contribution in [1.82, 2.24) is 5.32 Å². The Kier molecular flexibility index (Phi) is 3.19. The molecule has 3 rings (SSSR count).